The minimum Gasteiger partial charge on any atom is -0.388 e. The molecule has 0 unspecified atom stereocenters. The second-order valence-corrected chi connectivity index (χ2v) is 10.7. The highest BCUT2D eigenvalue weighted by atomic mass is 35.5. The van der Waals surface area contributed by atoms with E-state index >= 15 is 0 Å². The number of oxime groups is 1. The van der Waals surface area contributed by atoms with E-state index < -0.39 is 11.7 Å². The predicted molar refractivity (Wildman–Crippen MR) is 145 cm³/mol. The number of hydroxylamine groups is 2. The van der Waals surface area contributed by atoms with Crippen LogP contribution in [0.4, 0.5) is 16.3 Å². The number of nitrogens with one attached hydrogen (secondary N) is 1. The molecule has 5 rings (SSSR count). The number of carbonyl (C=O) groups is 2. The Morgan fingerprint density at radius 2 is 1.76 bits per heavy atom. The number of hydrogen-bond acceptors (Lipinski definition) is 8. The number of rotatable bonds is 5. The number of halogens is 1. The van der Waals surface area contributed by atoms with Gasteiger partial charge in [0.05, 0.1) is 5.02 Å². The van der Waals surface area contributed by atoms with Crippen molar-refractivity contribution in [2.24, 2.45) is 5.16 Å². The molecule has 0 radical (unpaired) electrons. The molecule has 10 nitrogen and oxygen atoms in total. The lowest BCUT2D eigenvalue weighted by molar-refractivity contribution is -0.154. The Labute approximate surface area is 227 Å². The lowest BCUT2D eigenvalue weighted by Crippen LogP contribution is -2.51. The molecule has 3 aliphatic heterocycles. The molecule has 38 heavy (non-hydrogen) atoms. The average molecular weight is 541 g/mol. The SMILES string of the molecule is CC(C)c1ccc(NC(=O)ON2CCC3(CC2)CC(C(=O)N2CCN(c4ncccc4Cl)CC2)=NO3)cc1. The van der Waals surface area contributed by atoms with Gasteiger partial charge in [0.25, 0.3) is 5.91 Å². The van der Waals surface area contributed by atoms with Gasteiger partial charge in [0.15, 0.2) is 0 Å². The maximum atomic E-state index is 13.1. The fourth-order valence-corrected chi connectivity index (χ4v) is 5.25. The third-order valence-electron chi connectivity index (χ3n) is 7.36. The zero-order chi connectivity index (χ0) is 26.7. The standard InChI is InChI=1S/C27H33ClN6O4/c1-19(2)20-5-7-21(8-6-20)30-26(36)37-34-12-9-27(10-13-34)18-23(31-38-27)25(35)33-16-14-32(15-17-33)24-22(28)4-3-11-29-24/h3-8,11,19H,9-10,12-18H2,1-2H3,(H,30,36). The van der Waals surface area contributed by atoms with Crippen molar-refractivity contribution in [3.8, 4) is 0 Å². The Morgan fingerprint density at radius 1 is 1.05 bits per heavy atom. The van der Waals surface area contributed by atoms with Crippen molar-refractivity contribution in [1.82, 2.24) is 14.9 Å². The summed E-state index contributed by atoms with van der Waals surface area (Å²) in [5, 5.41) is 9.19. The lowest BCUT2D eigenvalue weighted by atomic mass is 9.87. The summed E-state index contributed by atoms with van der Waals surface area (Å²) in [6.07, 6.45) is 2.87. The van der Waals surface area contributed by atoms with Crippen LogP contribution in [0.25, 0.3) is 0 Å². The second-order valence-electron chi connectivity index (χ2n) is 10.3. The molecule has 1 spiro atoms. The second kappa shape index (κ2) is 11.2. The Morgan fingerprint density at radius 3 is 2.42 bits per heavy atom. The van der Waals surface area contributed by atoms with Crippen LogP contribution in [0.2, 0.25) is 5.02 Å². The number of piperidine rings is 1. The lowest BCUT2D eigenvalue weighted by Gasteiger charge is -2.36. The highest BCUT2D eigenvalue weighted by molar-refractivity contribution is 6.39. The highest BCUT2D eigenvalue weighted by Gasteiger charge is 2.45. The molecule has 0 bridgehead atoms. The first-order chi connectivity index (χ1) is 18.3. The fraction of sp³-hybridized carbons (Fsp3) is 0.481. The molecule has 4 heterocycles. The molecular weight excluding hydrogens is 508 g/mol. The number of hydrogen-bond donors (Lipinski definition) is 1. The molecule has 1 N–H and O–H groups in total. The van der Waals surface area contributed by atoms with Crippen molar-refractivity contribution in [2.75, 3.05) is 49.5 Å². The number of aromatic nitrogens is 1. The average Bonchev–Trinajstić information content (AvgIpc) is 3.34. The highest BCUT2D eigenvalue weighted by Crippen LogP contribution is 2.35. The molecule has 0 atom stereocenters. The van der Waals surface area contributed by atoms with Gasteiger partial charge in [-0.25, -0.2) is 9.78 Å². The van der Waals surface area contributed by atoms with Gasteiger partial charge in [0.2, 0.25) is 0 Å². The van der Waals surface area contributed by atoms with Gasteiger partial charge >= 0.3 is 6.09 Å². The van der Waals surface area contributed by atoms with Crippen LogP contribution in [-0.2, 0) is 14.5 Å². The summed E-state index contributed by atoms with van der Waals surface area (Å²) in [5.74, 6) is 1.08. The summed E-state index contributed by atoms with van der Waals surface area (Å²) in [7, 11) is 0. The minimum atomic E-state index is -0.530. The van der Waals surface area contributed by atoms with Gasteiger partial charge in [-0.15, -0.1) is 5.06 Å². The van der Waals surface area contributed by atoms with Gasteiger partial charge in [0.1, 0.15) is 17.1 Å². The van der Waals surface area contributed by atoms with Crippen molar-refractivity contribution in [2.45, 2.75) is 44.6 Å². The maximum absolute atomic E-state index is 13.1. The zero-order valence-electron chi connectivity index (χ0n) is 21.7. The summed E-state index contributed by atoms with van der Waals surface area (Å²) >= 11 is 6.28. The van der Waals surface area contributed by atoms with Gasteiger partial charge < -0.3 is 19.5 Å². The molecule has 1 aromatic heterocycles. The number of nitrogens with zero attached hydrogens (tertiary/aromatic N) is 5. The first-order valence-electron chi connectivity index (χ1n) is 13.1. The summed E-state index contributed by atoms with van der Waals surface area (Å²) < 4.78 is 0. The van der Waals surface area contributed by atoms with Crippen molar-refractivity contribution < 1.29 is 19.3 Å². The van der Waals surface area contributed by atoms with Crippen molar-refractivity contribution >= 4 is 40.8 Å². The number of anilines is 2. The topological polar surface area (TPSA) is 99.6 Å². The minimum absolute atomic E-state index is 0.0878. The van der Waals surface area contributed by atoms with E-state index in [1.165, 1.54) is 5.56 Å². The predicted octanol–water partition coefficient (Wildman–Crippen LogP) is 4.28. The molecule has 202 valence electrons. The van der Waals surface area contributed by atoms with E-state index in [1.807, 2.05) is 35.2 Å². The van der Waals surface area contributed by atoms with Gasteiger partial charge in [-0.1, -0.05) is 42.7 Å². The van der Waals surface area contributed by atoms with E-state index in [-0.39, 0.29) is 5.91 Å². The number of pyridine rings is 1. The van der Waals surface area contributed by atoms with Crippen LogP contribution in [0.15, 0.2) is 47.8 Å². The number of carbonyl (C=O) groups excluding carboxylic acids is 2. The summed E-state index contributed by atoms with van der Waals surface area (Å²) in [6, 6.07) is 11.4. The van der Waals surface area contributed by atoms with E-state index in [4.69, 9.17) is 21.3 Å². The molecule has 11 heteroatoms. The third-order valence-corrected chi connectivity index (χ3v) is 7.66. The Kier molecular flexibility index (Phi) is 7.71. The Hall–Kier alpha value is -3.37. The van der Waals surface area contributed by atoms with Crippen molar-refractivity contribution in [1.29, 1.82) is 0 Å². The van der Waals surface area contributed by atoms with Crippen LogP contribution in [0.3, 0.4) is 0 Å². The number of benzene rings is 1. The molecule has 2 saturated heterocycles. The van der Waals surface area contributed by atoms with E-state index in [2.05, 4.69) is 34.2 Å². The molecule has 1 aromatic carbocycles. The van der Waals surface area contributed by atoms with Crippen molar-refractivity contribution in [3.63, 3.8) is 0 Å². The summed E-state index contributed by atoms with van der Waals surface area (Å²) in [6.45, 7) is 7.68. The largest absolute Gasteiger partial charge is 0.430 e. The monoisotopic (exact) mass is 540 g/mol. The summed E-state index contributed by atoms with van der Waals surface area (Å²) in [4.78, 5) is 45.1. The van der Waals surface area contributed by atoms with Crippen LogP contribution >= 0.6 is 11.6 Å². The van der Waals surface area contributed by atoms with Gasteiger partial charge in [0, 0.05) is 70.4 Å². The number of piperazine rings is 1. The quantitative estimate of drug-likeness (QED) is 0.604. The van der Waals surface area contributed by atoms with Gasteiger partial charge in [-0.2, -0.15) is 0 Å². The first-order valence-corrected chi connectivity index (χ1v) is 13.4. The zero-order valence-corrected chi connectivity index (χ0v) is 22.5. The fourth-order valence-electron chi connectivity index (χ4n) is 5.01. The molecule has 2 fully saturated rings. The molecule has 2 amide bonds. The van der Waals surface area contributed by atoms with E-state index in [1.54, 1.807) is 17.3 Å². The van der Waals surface area contributed by atoms with Crippen LogP contribution < -0.4 is 10.2 Å². The van der Waals surface area contributed by atoms with Crippen LogP contribution in [0, 0.1) is 0 Å². The Balaban J connectivity index is 1.06. The molecule has 0 aliphatic carbocycles. The van der Waals surface area contributed by atoms with E-state index in [9.17, 15) is 9.59 Å². The summed E-state index contributed by atoms with van der Waals surface area (Å²) in [5.41, 5.74) is 1.81. The Bertz CT molecular complexity index is 1190. The molecule has 0 saturated carbocycles. The smallest absolute Gasteiger partial charge is 0.388 e. The molecule has 3 aliphatic rings. The van der Waals surface area contributed by atoms with E-state index in [0.717, 1.165) is 5.82 Å². The first kappa shape index (κ1) is 26.2. The van der Waals surface area contributed by atoms with Crippen LogP contribution in [0.5, 0.6) is 0 Å². The normalized spacial score (nSPS) is 19.3. The van der Waals surface area contributed by atoms with Gasteiger partial charge in [-0.3, -0.25) is 10.1 Å². The van der Waals surface area contributed by atoms with Crippen LogP contribution in [0.1, 0.15) is 44.6 Å². The maximum Gasteiger partial charge on any atom is 0.430 e. The third kappa shape index (κ3) is 5.86. The molecular formula is C27H33ClN6O4. The van der Waals surface area contributed by atoms with E-state index in [0.29, 0.717) is 80.9 Å². The van der Waals surface area contributed by atoms with Gasteiger partial charge in [-0.05, 0) is 35.7 Å². The molecule has 2 aromatic rings. The number of amides is 2. The van der Waals surface area contributed by atoms with Crippen LogP contribution in [-0.4, -0.2) is 77.5 Å². The van der Waals surface area contributed by atoms with Crippen molar-refractivity contribution in [3.05, 3.63) is 53.2 Å².